The van der Waals surface area contributed by atoms with Gasteiger partial charge in [0.05, 0.1) is 0 Å². The van der Waals surface area contributed by atoms with Crippen LogP contribution in [0.4, 0.5) is 0 Å². The van der Waals surface area contributed by atoms with Gasteiger partial charge in [0.25, 0.3) is 0 Å². The first-order chi connectivity index (χ1) is 9.00. The topological polar surface area (TPSA) is 49.4 Å². The van der Waals surface area contributed by atoms with Crippen molar-refractivity contribution in [3.8, 4) is 0 Å². The molecule has 4 heteroatoms. The van der Waals surface area contributed by atoms with Crippen LogP contribution in [0, 0.1) is 11.8 Å². The van der Waals surface area contributed by atoms with Crippen LogP contribution in [0.3, 0.4) is 0 Å². The monoisotopic (exact) mass is 268 g/mol. The van der Waals surface area contributed by atoms with Gasteiger partial charge in [-0.3, -0.25) is 9.59 Å². The Morgan fingerprint density at radius 1 is 1.21 bits per heavy atom. The summed E-state index contributed by atoms with van der Waals surface area (Å²) in [4.78, 5) is 24.7. The van der Waals surface area contributed by atoms with Crippen LogP contribution in [0.25, 0.3) is 0 Å². The van der Waals surface area contributed by atoms with Gasteiger partial charge in [0.2, 0.25) is 11.8 Å². The van der Waals surface area contributed by atoms with E-state index in [9.17, 15) is 9.59 Å². The minimum Gasteiger partial charge on any atom is -0.356 e. The number of nitrogens with zero attached hydrogens (tertiary/aromatic N) is 1. The van der Waals surface area contributed by atoms with E-state index in [1.165, 1.54) is 32.1 Å². The number of carbonyl (C=O) groups is 2. The molecule has 0 aromatic carbocycles. The molecule has 0 saturated heterocycles. The van der Waals surface area contributed by atoms with Crippen LogP contribution in [-0.4, -0.2) is 37.4 Å². The first-order valence-corrected chi connectivity index (χ1v) is 7.47. The second kappa shape index (κ2) is 8.18. The third-order valence-corrected chi connectivity index (χ3v) is 4.12. The molecule has 1 rings (SSSR count). The molecule has 0 spiro atoms. The summed E-state index contributed by atoms with van der Waals surface area (Å²) < 4.78 is 0. The number of nitrogens with one attached hydrogen (secondary N) is 1. The van der Waals surface area contributed by atoms with Gasteiger partial charge < -0.3 is 10.2 Å². The van der Waals surface area contributed by atoms with E-state index in [-0.39, 0.29) is 11.8 Å². The van der Waals surface area contributed by atoms with E-state index < -0.39 is 0 Å². The van der Waals surface area contributed by atoms with Crippen LogP contribution in [0.2, 0.25) is 0 Å². The summed E-state index contributed by atoms with van der Waals surface area (Å²) in [6, 6.07) is 0. The van der Waals surface area contributed by atoms with Crippen LogP contribution in [0.15, 0.2) is 0 Å². The summed E-state index contributed by atoms with van der Waals surface area (Å²) in [5.41, 5.74) is 0. The van der Waals surface area contributed by atoms with Gasteiger partial charge in [0.1, 0.15) is 0 Å². The van der Waals surface area contributed by atoms with E-state index in [0.29, 0.717) is 31.2 Å². The summed E-state index contributed by atoms with van der Waals surface area (Å²) in [5.74, 6) is 1.32. The van der Waals surface area contributed by atoms with Crippen molar-refractivity contribution in [2.45, 2.75) is 51.9 Å². The maximum absolute atomic E-state index is 11.8. The molecule has 0 radical (unpaired) electrons. The SMILES string of the molecule is C[C@@H](CC(=O)NCCC(=O)N(C)C)C1CCCCC1. The maximum Gasteiger partial charge on any atom is 0.223 e. The van der Waals surface area contributed by atoms with E-state index in [1.807, 2.05) is 0 Å². The molecule has 2 amide bonds. The van der Waals surface area contributed by atoms with E-state index in [1.54, 1.807) is 19.0 Å². The molecule has 0 aromatic heterocycles. The molecule has 1 saturated carbocycles. The van der Waals surface area contributed by atoms with Crippen molar-refractivity contribution in [2.75, 3.05) is 20.6 Å². The van der Waals surface area contributed by atoms with E-state index in [0.717, 1.165) is 0 Å². The van der Waals surface area contributed by atoms with Crippen molar-refractivity contribution in [3.63, 3.8) is 0 Å². The van der Waals surface area contributed by atoms with Crippen LogP contribution in [0.5, 0.6) is 0 Å². The zero-order valence-corrected chi connectivity index (χ0v) is 12.6. The van der Waals surface area contributed by atoms with Crippen molar-refractivity contribution >= 4 is 11.8 Å². The normalized spacial score (nSPS) is 17.8. The van der Waals surface area contributed by atoms with Gasteiger partial charge in [0.15, 0.2) is 0 Å². The zero-order chi connectivity index (χ0) is 14.3. The summed E-state index contributed by atoms with van der Waals surface area (Å²) in [5, 5.41) is 2.85. The lowest BCUT2D eigenvalue weighted by Gasteiger charge is -2.27. The lowest BCUT2D eigenvalue weighted by atomic mass is 9.79. The smallest absolute Gasteiger partial charge is 0.223 e. The Kier molecular flexibility index (Phi) is 6.89. The molecule has 1 N–H and O–H groups in total. The largest absolute Gasteiger partial charge is 0.356 e. The third-order valence-electron chi connectivity index (χ3n) is 4.12. The average molecular weight is 268 g/mol. The highest BCUT2D eigenvalue weighted by Crippen LogP contribution is 2.31. The van der Waals surface area contributed by atoms with Gasteiger partial charge in [-0.15, -0.1) is 0 Å². The fourth-order valence-electron chi connectivity index (χ4n) is 2.77. The lowest BCUT2D eigenvalue weighted by Crippen LogP contribution is -2.32. The van der Waals surface area contributed by atoms with Crippen LogP contribution in [0.1, 0.15) is 51.9 Å². The standard InChI is InChI=1S/C15H28N2O2/c1-12(13-7-5-4-6-8-13)11-14(18)16-10-9-15(19)17(2)3/h12-13H,4-11H2,1-3H3,(H,16,18)/t12-/m0/s1. The second-order valence-electron chi connectivity index (χ2n) is 5.97. The zero-order valence-electron chi connectivity index (χ0n) is 12.6. The highest BCUT2D eigenvalue weighted by Gasteiger charge is 2.21. The van der Waals surface area contributed by atoms with Crippen molar-refractivity contribution in [1.82, 2.24) is 10.2 Å². The quantitative estimate of drug-likeness (QED) is 0.802. The predicted octanol–water partition coefficient (Wildman–Crippen LogP) is 2.19. The minimum atomic E-state index is 0.0561. The fraction of sp³-hybridized carbons (Fsp3) is 0.867. The third kappa shape index (κ3) is 6.08. The fourth-order valence-corrected chi connectivity index (χ4v) is 2.77. The van der Waals surface area contributed by atoms with Crippen LogP contribution < -0.4 is 5.32 Å². The van der Waals surface area contributed by atoms with E-state index in [4.69, 9.17) is 0 Å². The molecule has 0 aromatic rings. The molecule has 0 aliphatic heterocycles. The molecule has 1 fully saturated rings. The Balaban J connectivity index is 2.17. The number of amides is 2. The minimum absolute atomic E-state index is 0.0561. The Morgan fingerprint density at radius 3 is 2.42 bits per heavy atom. The average Bonchev–Trinajstić information content (AvgIpc) is 2.39. The van der Waals surface area contributed by atoms with Crippen molar-refractivity contribution < 1.29 is 9.59 Å². The van der Waals surface area contributed by atoms with Crippen molar-refractivity contribution in [1.29, 1.82) is 0 Å². The molecule has 0 bridgehead atoms. The first-order valence-electron chi connectivity index (χ1n) is 7.47. The van der Waals surface area contributed by atoms with Crippen molar-refractivity contribution in [2.24, 2.45) is 11.8 Å². The highest BCUT2D eigenvalue weighted by molar-refractivity contribution is 5.78. The maximum atomic E-state index is 11.8. The Hall–Kier alpha value is -1.06. The van der Waals surface area contributed by atoms with Crippen LogP contribution in [-0.2, 0) is 9.59 Å². The molecule has 0 heterocycles. The molecule has 1 aliphatic carbocycles. The molecular weight excluding hydrogens is 240 g/mol. The Bertz CT molecular complexity index is 297. The molecule has 1 aliphatic rings. The number of carbonyl (C=O) groups excluding carboxylic acids is 2. The molecule has 1 atom stereocenters. The first kappa shape index (κ1) is 16.0. The lowest BCUT2D eigenvalue weighted by molar-refractivity contribution is -0.128. The summed E-state index contributed by atoms with van der Waals surface area (Å²) in [6.07, 6.45) is 7.50. The number of hydrogen-bond acceptors (Lipinski definition) is 2. The van der Waals surface area contributed by atoms with Gasteiger partial charge in [-0.2, -0.15) is 0 Å². The highest BCUT2D eigenvalue weighted by atomic mass is 16.2. The van der Waals surface area contributed by atoms with Gasteiger partial charge in [0, 0.05) is 33.5 Å². The van der Waals surface area contributed by atoms with Crippen LogP contribution >= 0.6 is 0 Å². The van der Waals surface area contributed by atoms with E-state index in [2.05, 4.69) is 12.2 Å². The predicted molar refractivity (Wildman–Crippen MR) is 76.7 cm³/mol. The van der Waals surface area contributed by atoms with Crippen molar-refractivity contribution in [3.05, 3.63) is 0 Å². The summed E-state index contributed by atoms with van der Waals surface area (Å²) >= 11 is 0. The molecule has 4 nitrogen and oxygen atoms in total. The Labute approximate surface area is 116 Å². The van der Waals surface area contributed by atoms with Gasteiger partial charge in [-0.1, -0.05) is 39.0 Å². The van der Waals surface area contributed by atoms with E-state index >= 15 is 0 Å². The Morgan fingerprint density at radius 2 is 1.84 bits per heavy atom. The number of hydrogen-bond donors (Lipinski definition) is 1. The molecular formula is C15H28N2O2. The summed E-state index contributed by atoms with van der Waals surface area (Å²) in [7, 11) is 3.46. The molecule has 110 valence electrons. The van der Waals surface area contributed by atoms with Gasteiger partial charge >= 0.3 is 0 Å². The van der Waals surface area contributed by atoms with Gasteiger partial charge in [-0.05, 0) is 11.8 Å². The summed E-state index contributed by atoms with van der Waals surface area (Å²) in [6.45, 7) is 2.63. The van der Waals surface area contributed by atoms with Gasteiger partial charge in [-0.25, -0.2) is 0 Å². The second-order valence-corrected chi connectivity index (χ2v) is 5.97. The number of rotatable bonds is 6. The molecule has 19 heavy (non-hydrogen) atoms. The molecule has 0 unspecified atom stereocenters.